The van der Waals surface area contributed by atoms with Crippen LogP contribution in [0.25, 0.3) is 0 Å². The maximum Gasteiger partial charge on any atom is 0.0199 e. The Labute approximate surface area is 99.4 Å². The third-order valence-corrected chi connectivity index (χ3v) is 5.42. The van der Waals surface area contributed by atoms with Gasteiger partial charge in [-0.15, -0.1) is 0 Å². The molecule has 16 heavy (non-hydrogen) atoms. The fourth-order valence-corrected chi connectivity index (χ4v) is 5.11. The lowest BCUT2D eigenvalue weighted by Gasteiger charge is -2.56. The van der Waals surface area contributed by atoms with Crippen molar-refractivity contribution < 1.29 is 0 Å². The molecule has 92 valence electrons. The highest BCUT2D eigenvalue weighted by atomic mass is 14.9. The number of nitrogens with two attached hydrogens (primary N) is 1. The highest BCUT2D eigenvalue weighted by Gasteiger charge is 2.49. The molecule has 4 rings (SSSR count). The van der Waals surface area contributed by atoms with E-state index in [9.17, 15) is 0 Å². The minimum absolute atomic E-state index is 0.412. The van der Waals surface area contributed by atoms with Crippen LogP contribution in [0, 0.1) is 29.6 Å². The van der Waals surface area contributed by atoms with Crippen LogP contribution in [0.2, 0.25) is 0 Å². The standard InChI is InChI=1S/C14H26N2/c1-2-16-8-13(15)14-11-4-9-3-10(6-11)7-12(14)5-9/h9-14,16H,2-8,15H2,1H3. The molecule has 2 heteroatoms. The van der Waals surface area contributed by atoms with Crippen molar-refractivity contribution in [2.75, 3.05) is 13.1 Å². The summed E-state index contributed by atoms with van der Waals surface area (Å²) in [6, 6.07) is 0.412. The molecule has 3 N–H and O–H groups in total. The van der Waals surface area contributed by atoms with Crippen LogP contribution >= 0.6 is 0 Å². The lowest BCUT2D eigenvalue weighted by molar-refractivity contribution is -0.0462. The molecular weight excluding hydrogens is 196 g/mol. The van der Waals surface area contributed by atoms with E-state index >= 15 is 0 Å². The zero-order valence-corrected chi connectivity index (χ0v) is 10.5. The molecule has 2 nitrogen and oxygen atoms in total. The number of hydrogen-bond donors (Lipinski definition) is 2. The molecule has 0 radical (unpaired) electrons. The van der Waals surface area contributed by atoms with E-state index in [2.05, 4.69) is 12.2 Å². The maximum absolute atomic E-state index is 6.42. The van der Waals surface area contributed by atoms with E-state index in [0.717, 1.165) is 42.7 Å². The zero-order valence-electron chi connectivity index (χ0n) is 10.5. The van der Waals surface area contributed by atoms with Gasteiger partial charge in [0.15, 0.2) is 0 Å². The largest absolute Gasteiger partial charge is 0.326 e. The van der Waals surface area contributed by atoms with Crippen molar-refractivity contribution in [3.8, 4) is 0 Å². The first-order valence-electron chi connectivity index (χ1n) is 7.24. The molecule has 0 aromatic carbocycles. The van der Waals surface area contributed by atoms with Crippen LogP contribution in [0.15, 0.2) is 0 Å². The van der Waals surface area contributed by atoms with Gasteiger partial charge in [-0.2, -0.15) is 0 Å². The lowest BCUT2D eigenvalue weighted by atomic mass is 9.50. The zero-order chi connectivity index (χ0) is 11.1. The quantitative estimate of drug-likeness (QED) is 0.763. The number of nitrogens with one attached hydrogen (secondary N) is 1. The van der Waals surface area contributed by atoms with Crippen LogP contribution in [0.1, 0.15) is 39.0 Å². The van der Waals surface area contributed by atoms with E-state index < -0.39 is 0 Å². The maximum atomic E-state index is 6.42. The Hall–Kier alpha value is -0.0800. The van der Waals surface area contributed by atoms with Crippen molar-refractivity contribution in [1.29, 1.82) is 0 Å². The monoisotopic (exact) mass is 222 g/mol. The highest BCUT2D eigenvalue weighted by molar-refractivity contribution is 5.01. The molecule has 0 aromatic heterocycles. The van der Waals surface area contributed by atoms with E-state index in [1.54, 1.807) is 6.42 Å². The molecule has 4 fully saturated rings. The molecule has 0 heterocycles. The third-order valence-electron chi connectivity index (χ3n) is 5.42. The van der Waals surface area contributed by atoms with Gasteiger partial charge < -0.3 is 11.1 Å². The van der Waals surface area contributed by atoms with Gasteiger partial charge in [-0.1, -0.05) is 6.92 Å². The molecule has 4 saturated carbocycles. The van der Waals surface area contributed by atoms with E-state index in [-0.39, 0.29) is 0 Å². The summed E-state index contributed by atoms with van der Waals surface area (Å²) in [5, 5.41) is 3.43. The lowest BCUT2D eigenvalue weighted by Crippen LogP contribution is -2.54. The van der Waals surface area contributed by atoms with Gasteiger partial charge in [0.2, 0.25) is 0 Å². The van der Waals surface area contributed by atoms with Gasteiger partial charge >= 0.3 is 0 Å². The number of hydrogen-bond acceptors (Lipinski definition) is 2. The van der Waals surface area contributed by atoms with Gasteiger partial charge in [-0.3, -0.25) is 0 Å². The Morgan fingerprint density at radius 3 is 2.12 bits per heavy atom. The Bertz CT molecular complexity index is 223. The summed E-state index contributed by atoms with van der Waals surface area (Å²) in [6.45, 7) is 4.26. The number of rotatable bonds is 4. The summed E-state index contributed by atoms with van der Waals surface area (Å²) in [7, 11) is 0. The predicted octanol–water partition coefficient (Wildman–Crippen LogP) is 2.00. The van der Waals surface area contributed by atoms with Gasteiger partial charge in [0.25, 0.3) is 0 Å². The van der Waals surface area contributed by atoms with Gasteiger partial charge in [-0.05, 0) is 68.2 Å². The van der Waals surface area contributed by atoms with Crippen molar-refractivity contribution in [2.24, 2.45) is 35.3 Å². The molecule has 0 saturated heterocycles. The smallest absolute Gasteiger partial charge is 0.0199 e. The summed E-state index contributed by atoms with van der Waals surface area (Å²) >= 11 is 0. The van der Waals surface area contributed by atoms with Crippen molar-refractivity contribution in [2.45, 2.75) is 45.1 Å². The molecule has 4 aliphatic rings. The second-order valence-electron chi connectivity index (χ2n) is 6.48. The van der Waals surface area contributed by atoms with Crippen molar-refractivity contribution in [3.63, 3.8) is 0 Å². The Morgan fingerprint density at radius 2 is 1.62 bits per heavy atom. The molecule has 0 amide bonds. The van der Waals surface area contributed by atoms with Crippen LogP contribution in [0.4, 0.5) is 0 Å². The van der Waals surface area contributed by atoms with Crippen LogP contribution in [-0.2, 0) is 0 Å². The fourth-order valence-electron chi connectivity index (χ4n) is 5.11. The van der Waals surface area contributed by atoms with Gasteiger partial charge in [0, 0.05) is 12.6 Å². The highest BCUT2D eigenvalue weighted by Crippen LogP contribution is 2.57. The molecular formula is C14H26N2. The minimum atomic E-state index is 0.412. The molecule has 4 bridgehead atoms. The Morgan fingerprint density at radius 1 is 1.06 bits per heavy atom. The number of likely N-dealkylation sites (N-methyl/N-ethyl adjacent to an activating group) is 1. The molecule has 0 spiro atoms. The van der Waals surface area contributed by atoms with E-state index in [0.29, 0.717) is 6.04 Å². The van der Waals surface area contributed by atoms with Crippen LogP contribution in [0.3, 0.4) is 0 Å². The average Bonchev–Trinajstić information content (AvgIpc) is 2.24. The van der Waals surface area contributed by atoms with Gasteiger partial charge in [0.05, 0.1) is 0 Å². The summed E-state index contributed by atoms with van der Waals surface area (Å²) < 4.78 is 0. The van der Waals surface area contributed by atoms with Crippen molar-refractivity contribution in [3.05, 3.63) is 0 Å². The summed E-state index contributed by atoms with van der Waals surface area (Å²) in [5.74, 6) is 4.94. The normalized spacial score (nSPS) is 47.2. The average molecular weight is 222 g/mol. The second kappa shape index (κ2) is 4.30. The third kappa shape index (κ3) is 1.80. The van der Waals surface area contributed by atoms with Gasteiger partial charge in [0.1, 0.15) is 0 Å². The molecule has 1 atom stereocenters. The van der Waals surface area contributed by atoms with E-state index in [1.807, 2.05) is 0 Å². The molecule has 0 aromatic rings. The first kappa shape index (κ1) is 11.0. The first-order valence-corrected chi connectivity index (χ1v) is 7.24. The molecule has 0 aliphatic heterocycles. The molecule has 4 aliphatic carbocycles. The Kier molecular flexibility index (Phi) is 2.97. The van der Waals surface area contributed by atoms with E-state index in [1.165, 1.54) is 25.7 Å². The van der Waals surface area contributed by atoms with Crippen molar-refractivity contribution >= 4 is 0 Å². The topological polar surface area (TPSA) is 38.0 Å². The van der Waals surface area contributed by atoms with E-state index in [4.69, 9.17) is 5.73 Å². The summed E-state index contributed by atoms with van der Waals surface area (Å²) in [6.07, 6.45) is 7.53. The summed E-state index contributed by atoms with van der Waals surface area (Å²) in [4.78, 5) is 0. The Balaban J connectivity index is 1.67. The summed E-state index contributed by atoms with van der Waals surface area (Å²) in [5.41, 5.74) is 6.42. The van der Waals surface area contributed by atoms with Crippen LogP contribution < -0.4 is 11.1 Å². The molecule has 1 unspecified atom stereocenters. The van der Waals surface area contributed by atoms with Crippen LogP contribution in [-0.4, -0.2) is 19.1 Å². The van der Waals surface area contributed by atoms with Crippen LogP contribution in [0.5, 0.6) is 0 Å². The predicted molar refractivity (Wildman–Crippen MR) is 67.1 cm³/mol. The second-order valence-corrected chi connectivity index (χ2v) is 6.48. The first-order chi connectivity index (χ1) is 7.78. The fraction of sp³-hybridized carbons (Fsp3) is 1.00. The van der Waals surface area contributed by atoms with Gasteiger partial charge in [-0.25, -0.2) is 0 Å². The SMILES string of the molecule is CCNCC(N)C1C2CC3CC(C2)CC1C3. The minimum Gasteiger partial charge on any atom is -0.326 e. The van der Waals surface area contributed by atoms with Crippen molar-refractivity contribution in [1.82, 2.24) is 5.32 Å².